The lowest BCUT2D eigenvalue weighted by molar-refractivity contribution is -0.139. The summed E-state index contributed by atoms with van der Waals surface area (Å²) in [7, 11) is 1.37. The molecule has 11 heteroatoms. The molecule has 0 atom stereocenters. The van der Waals surface area contributed by atoms with Crippen LogP contribution in [0, 0.1) is 0 Å². The van der Waals surface area contributed by atoms with Crippen molar-refractivity contribution in [2.24, 2.45) is 7.05 Å². The molecule has 8 nitrogen and oxygen atoms in total. The Morgan fingerprint density at radius 2 is 1.78 bits per heavy atom. The number of ether oxygens (including phenoxy) is 1. The van der Waals surface area contributed by atoms with Crippen molar-refractivity contribution in [1.29, 1.82) is 0 Å². The van der Waals surface area contributed by atoms with E-state index in [1.54, 1.807) is 23.2 Å². The molecule has 3 aromatic rings. The quantitative estimate of drug-likeness (QED) is 0.611. The second-order valence-corrected chi connectivity index (χ2v) is 7.39. The number of hydrogen-bond acceptors (Lipinski definition) is 6. The van der Waals surface area contributed by atoms with Gasteiger partial charge in [0.1, 0.15) is 11.9 Å². The molecule has 0 N–H and O–H groups in total. The number of pyridine rings is 1. The van der Waals surface area contributed by atoms with Crippen molar-refractivity contribution >= 4 is 5.82 Å². The second kappa shape index (κ2) is 8.48. The minimum Gasteiger partial charge on any atom is -0.490 e. The largest absolute Gasteiger partial charge is 0.490 e. The van der Waals surface area contributed by atoms with E-state index in [2.05, 4.69) is 10.1 Å². The molecule has 0 unspecified atom stereocenters. The first-order valence-electron chi connectivity index (χ1n) is 9.94. The standard InChI is InChI=1S/C21H20F3N5O3/c1-27-19(30)18(26-29(20(27)31)14-5-4-10-25-13-14)28-11-8-15(9-12-28)32-17-7-3-2-6-16(17)21(22,23)24/h2-7,10,13,15H,8-9,11-12H2,1H3. The molecule has 0 spiro atoms. The van der Waals surface area contributed by atoms with Gasteiger partial charge in [0.05, 0.1) is 17.4 Å². The molecule has 2 aromatic heterocycles. The molecule has 1 aliphatic rings. The zero-order valence-corrected chi connectivity index (χ0v) is 17.1. The number of rotatable bonds is 4. The van der Waals surface area contributed by atoms with Crippen LogP contribution in [0.2, 0.25) is 0 Å². The molecule has 1 saturated heterocycles. The topological polar surface area (TPSA) is 82.2 Å². The van der Waals surface area contributed by atoms with Crippen molar-refractivity contribution < 1.29 is 17.9 Å². The number of piperidine rings is 1. The fourth-order valence-electron chi connectivity index (χ4n) is 3.57. The van der Waals surface area contributed by atoms with Crippen molar-refractivity contribution in [3.05, 3.63) is 75.2 Å². The van der Waals surface area contributed by atoms with Crippen LogP contribution >= 0.6 is 0 Å². The van der Waals surface area contributed by atoms with E-state index in [1.165, 1.54) is 31.4 Å². The summed E-state index contributed by atoms with van der Waals surface area (Å²) in [6, 6.07) is 8.39. The van der Waals surface area contributed by atoms with Crippen LogP contribution in [0.1, 0.15) is 18.4 Å². The van der Waals surface area contributed by atoms with Crippen LogP contribution < -0.4 is 20.9 Å². The summed E-state index contributed by atoms with van der Waals surface area (Å²) in [6.07, 6.45) is -1.15. The zero-order chi connectivity index (χ0) is 22.9. The predicted octanol–water partition coefficient (Wildman–Crippen LogP) is 2.39. The summed E-state index contributed by atoms with van der Waals surface area (Å²) in [5.41, 5.74) is -1.55. The van der Waals surface area contributed by atoms with E-state index in [-0.39, 0.29) is 11.6 Å². The highest BCUT2D eigenvalue weighted by Gasteiger charge is 2.35. The average molecular weight is 447 g/mol. The Balaban J connectivity index is 1.54. The first-order valence-corrected chi connectivity index (χ1v) is 9.94. The minimum atomic E-state index is -4.51. The summed E-state index contributed by atoms with van der Waals surface area (Å²) < 4.78 is 47.4. The predicted molar refractivity (Wildman–Crippen MR) is 110 cm³/mol. The summed E-state index contributed by atoms with van der Waals surface area (Å²) >= 11 is 0. The smallest absolute Gasteiger partial charge is 0.419 e. The van der Waals surface area contributed by atoms with Crippen LogP contribution in [0.3, 0.4) is 0 Å². The molecule has 4 rings (SSSR count). The Morgan fingerprint density at radius 3 is 2.44 bits per heavy atom. The lowest BCUT2D eigenvalue weighted by atomic mass is 10.1. The Bertz CT molecular complexity index is 1220. The number of benzene rings is 1. The van der Waals surface area contributed by atoms with Gasteiger partial charge in [-0.2, -0.15) is 17.9 Å². The fourth-order valence-corrected chi connectivity index (χ4v) is 3.57. The van der Waals surface area contributed by atoms with Gasteiger partial charge in [0.2, 0.25) is 5.82 Å². The molecule has 1 aromatic carbocycles. The summed E-state index contributed by atoms with van der Waals surface area (Å²) in [5.74, 6) is -0.122. The van der Waals surface area contributed by atoms with Crippen LogP contribution in [0.25, 0.3) is 5.69 Å². The van der Waals surface area contributed by atoms with Crippen LogP contribution in [0.5, 0.6) is 5.75 Å². The van der Waals surface area contributed by atoms with Crippen molar-refractivity contribution in [2.45, 2.75) is 25.1 Å². The van der Waals surface area contributed by atoms with E-state index in [4.69, 9.17) is 4.74 Å². The number of hydrogen-bond donors (Lipinski definition) is 0. The molecule has 32 heavy (non-hydrogen) atoms. The highest BCUT2D eigenvalue weighted by Crippen LogP contribution is 2.37. The van der Waals surface area contributed by atoms with Crippen LogP contribution in [0.15, 0.2) is 58.4 Å². The van der Waals surface area contributed by atoms with Crippen molar-refractivity contribution in [1.82, 2.24) is 19.3 Å². The lowest BCUT2D eigenvalue weighted by Gasteiger charge is -2.33. The maximum Gasteiger partial charge on any atom is 0.419 e. The number of para-hydroxylation sites is 1. The highest BCUT2D eigenvalue weighted by atomic mass is 19.4. The Hall–Kier alpha value is -3.63. The van der Waals surface area contributed by atoms with E-state index < -0.39 is 29.1 Å². The molecular weight excluding hydrogens is 427 g/mol. The summed E-state index contributed by atoms with van der Waals surface area (Å²) in [4.78, 5) is 30.9. The maximum absolute atomic E-state index is 13.2. The maximum atomic E-state index is 13.2. The molecule has 0 amide bonds. The van der Waals surface area contributed by atoms with Gasteiger partial charge < -0.3 is 9.64 Å². The average Bonchev–Trinajstić information content (AvgIpc) is 2.79. The Labute approximate surface area is 180 Å². The summed E-state index contributed by atoms with van der Waals surface area (Å²) in [6.45, 7) is 0.679. The van der Waals surface area contributed by atoms with Gasteiger partial charge in [-0.1, -0.05) is 12.1 Å². The van der Waals surface area contributed by atoms with Crippen LogP contribution in [-0.4, -0.2) is 38.5 Å². The third-order valence-electron chi connectivity index (χ3n) is 5.28. The van der Waals surface area contributed by atoms with E-state index in [9.17, 15) is 22.8 Å². The van der Waals surface area contributed by atoms with E-state index in [1.807, 2.05) is 0 Å². The molecular formula is C21H20F3N5O3. The van der Waals surface area contributed by atoms with Gasteiger partial charge in [-0.25, -0.2) is 4.79 Å². The lowest BCUT2D eigenvalue weighted by Crippen LogP contribution is -2.46. The number of aromatic nitrogens is 4. The van der Waals surface area contributed by atoms with Gasteiger partial charge in [0.25, 0.3) is 5.56 Å². The fraction of sp³-hybridized carbons (Fsp3) is 0.333. The molecule has 168 valence electrons. The molecule has 0 aliphatic carbocycles. The Morgan fingerprint density at radius 1 is 1.06 bits per heavy atom. The SMILES string of the molecule is Cn1c(=O)c(N2CCC(Oc3ccccc3C(F)(F)F)CC2)nn(-c2cccnc2)c1=O. The monoisotopic (exact) mass is 447 g/mol. The first-order chi connectivity index (χ1) is 15.3. The molecule has 0 saturated carbocycles. The molecule has 0 radical (unpaired) electrons. The van der Waals surface area contributed by atoms with Gasteiger partial charge in [-0.3, -0.25) is 14.3 Å². The van der Waals surface area contributed by atoms with E-state index >= 15 is 0 Å². The summed E-state index contributed by atoms with van der Waals surface area (Å²) in [5, 5.41) is 4.25. The van der Waals surface area contributed by atoms with Gasteiger partial charge in [0, 0.05) is 39.2 Å². The Kier molecular flexibility index (Phi) is 5.72. The molecule has 1 fully saturated rings. The number of anilines is 1. The zero-order valence-electron chi connectivity index (χ0n) is 17.1. The van der Waals surface area contributed by atoms with Crippen LogP contribution in [-0.2, 0) is 13.2 Å². The minimum absolute atomic E-state index is 0.0881. The van der Waals surface area contributed by atoms with Crippen molar-refractivity contribution in [3.8, 4) is 11.4 Å². The highest BCUT2D eigenvalue weighted by molar-refractivity contribution is 5.38. The van der Waals surface area contributed by atoms with Crippen molar-refractivity contribution in [3.63, 3.8) is 0 Å². The van der Waals surface area contributed by atoms with Gasteiger partial charge in [-0.05, 0) is 24.3 Å². The van der Waals surface area contributed by atoms with Gasteiger partial charge in [-0.15, -0.1) is 5.10 Å². The first kappa shape index (κ1) is 21.6. The number of alkyl halides is 3. The normalized spacial score (nSPS) is 15.1. The third-order valence-corrected chi connectivity index (χ3v) is 5.28. The van der Waals surface area contributed by atoms with E-state index in [0.29, 0.717) is 31.6 Å². The van der Waals surface area contributed by atoms with Gasteiger partial charge in [0.15, 0.2) is 0 Å². The van der Waals surface area contributed by atoms with Crippen LogP contribution in [0.4, 0.5) is 19.0 Å². The molecule has 1 aliphatic heterocycles. The second-order valence-electron chi connectivity index (χ2n) is 7.39. The van der Waals surface area contributed by atoms with E-state index in [0.717, 1.165) is 15.3 Å². The van der Waals surface area contributed by atoms with Crippen molar-refractivity contribution in [2.75, 3.05) is 18.0 Å². The third kappa shape index (κ3) is 4.23. The number of nitrogens with zero attached hydrogens (tertiary/aromatic N) is 5. The number of halogens is 3. The molecule has 3 heterocycles. The molecule has 0 bridgehead atoms. The van der Waals surface area contributed by atoms with Gasteiger partial charge >= 0.3 is 11.9 Å².